The van der Waals surface area contributed by atoms with Crippen LogP contribution in [0.15, 0.2) is 48.7 Å². The van der Waals surface area contributed by atoms with Crippen LogP contribution in [-0.4, -0.2) is 17.9 Å². The van der Waals surface area contributed by atoms with Gasteiger partial charge in [0.2, 0.25) is 5.88 Å². The molecule has 1 amide bonds. The second kappa shape index (κ2) is 6.39. The zero-order valence-electron chi connectivity index (χ0n) is 11.3. The molecule has 1 aromatic carbocycles. The van der Waals surface area contributed by atoms with Crippen molar-refractivity contribution in [3.8, 4) is 23.5 Å². The Kier molecular flexibility index (Phi) is 4.35. The van der Waals surface area contributed by atoms with Gasteiger partial charge in [0.05, 0.1) is 0 Å². The predicted octanol–water partition coefficient (Wildman–Crippen LogP) is 2.86. The Balaban J connectivity index is 2.10. The highest BCUT2D eigenvalue weighted by molar-refractivity contribution is 6.05. The van der Waals surface area contributed by atoms with Crippen LogP contribution in [0.25, 0.3) is 0 Å². The van der Waals surface area contributed by atoms with Crippen molar-refractivity contribution >= 4 is 11.6 Å². The Labute approximate surface area is 118 Å². The summed E-state index contributed by atoms with van der Waals surface area (Å²) in [4.78, 5) is 17.2. The van der Waals surface area contributed by atoms with E-state index < -0.39 is 0 Å². The lowest BCUT2D eigenvalue weighted by atomic mass is 10.3. The number of nitrogens with zero attached hydrogens (tertiary/aromatic N) is 2. The summed E-state index contributed by atoms with van der Waals surface area (Å²) >= 11 is 0. The van der Waals surface area contributed by atoms with E-state index in [1.807, 2.05) is 12.1 Å². The summed E-state index contributed by atoms with van der Waals surface area (Å²) in [6.45, 7) is 1.63. The highest BCUT2D eigenvalue weighted by Crippen LogP contribution is 2.22. The van der Waals surface area contributed by atoms with Crippen LogP contribution in [0.1, 0.15) is 6.92 Å². The second-order valence-electron chi connectivity index (χ2n) is 4.00. The van der Waals surface area contributed by atoms with Crippen LogP contribution in [0.5, 0.6) is 11.6 Å². The van der Waals surface area contributed by atoms with Crippen LogP contribution >= 0.6 is 0 Å². The van der Waals surface area contributed by atoms with E-state index in [1.54, 1.807) is 50.5 Å². The van der Waals surface area contributed by atoms with Gasteiger partial charge >= 0.3 is 5.91 Å². The fraction of sp³-hybridized carbons (Fsp3) is 0.125. The van der Waals surface area contributed by atoms with Crippen LogP contribution in [0.4, 0.5) is 5.69 Å². The first kappa shape index (κ1) is 13.6. The fourth-order valence-corrected chi connectivity index (χ4v) is 1.57. The first-order valence-corrected chi connectivity index (χ1v) is 6.10. The number of aromatic nitrogens is 1. The molecule has 1 heterocycles. The Bertz CT molecular complexity index is 640. The summed E-state index contributed by atoms with van der Waals surface area (Å²) < 4.78 is 5.58. The molecule has 20 heavy (non-hydrogen) atoms. The Morgan fingerprint density at radius 2 is 1.95 bits per heavy atom. The van der Waals surface area contributed by atoms with Crippen LogP contribution in [0.2, 0.25) is 0 Å². The molecular formula is C16H14N2O2. The number of carbonyl (C=O) groups excluding carboxylic acids is 1. The normalized spacial score (nSPS) is 9.30. The molecule has 2 aromatic rings. The van der Waals surface area contributed by atoms with Gasteiger partial charge in [-0.25, -0.2) is 4.98 Å². The van der Waals surface area contributed by atoms with Gasteiger partial charge in [-0.15, -0.1) is 0 Å². The third-order valence-corrected chi connectivity index (χ3v) is 2.62. The van der Waals surface area contributed by atoms with Crippen LogP contribution in [0.3, 0.4) is 0 Å². The van der Waals surface area contributed by atoms with Crippen molar-refractivity contribution in [3.05, 3.63) is 48.7 Å². The summed E-state index contributed by atoms with van der Waals surface area (Å²) in [7, 11) is 1.68. The van der Waals surface area contributed by atoms with Gasteiger partial charge in [0.1, 0.15) is 5.75 Å². The maximum Gasteiger partial charge on any atom is 0.302 e. The lowest BCUT2D eigenvalue weighted by molar-refractivity contribution is -0.113. The summed E-state index contributed by atoms with van der Waals surface area (Å²) in [5.74, 6) is 6.03. The number of hydrogen-bond donors (Lipinski definition) is 0. The summed E-state index contributed by atoms with van der Waals surface area (Å²) in [6, 6.07) is 12.6. The third kappa shape index (κ3) is 3.36. The molecule has 0 aliphatic heterocycles. The van der Waals surface area contributed by atoms with E-state index in [-0.39, 0.29) is 5.91 Å². The average molecular weight is 266 g/mol. The van der Waals surface area contributed by atoms with Crippen LogP contribution in [-0.2, 0) is 4.79 Å². The smallest absolute Gasteiger partial charge is 0.302 e. The van der Waals surface area contributed by atoms with E-state index in [4.69, 9.17) is 4.74 Å². The SMILES string of the molecule is CC#CC(=O)N(C)c1ccc(Oc2ccccn2)cc1. The molecule has 1 aromatic heterocycles. The van der Waals surface area contributed by atoms with E-state index >= 15 is 0 Å². The molecule has 0 aliphatic rings. The number of amides is 1. The molecule has 0 fully saturated rings. The molecule has 100 valence electrons. The van der Waals surface area contributed by atoms with Crippen molar-refractivity contribution < 1.29 is 9.53 Å². The molecule has 0 unspecified atom stereocenters. The van der Waals surface area contributed by atoms with Gasteiger partial charge in [0, 0.05) is 25.0 Å². The monoisotopic (exact) mass is 266 g/mol. The summed E-state index contributed by atoms with van der Waals surface area (Å²) in [6.07, 6.45) is 1.67. The van der Waals surface area contributed by atoms with Gasteiger partial charge in [-0.05, 0) is 43.2 Å². The zero-order chi connectivity index (χ0) is 14.4. The number of rotatable bonds is 3. The lowest BCUT2D eigenvalue weighted by Gasteiger charge is -2.14. The quantitative estimate of drug-likeness (QED) is 0.802. The number of benzene rings is 1. The average Bonchev–Trinajstić information content (AvgIpc) is 2.48. The molecule has 0 N–H and O–H groups in total. The predicted molar refractivity (Wildman–Crippen MR) is 77.6 cm³/mol. The van der Waals surface area contributed by atoms with E-state index in [1.165, 1.54) is 4.90 Å². The summed E-state index contributed by atoms with van der Waals surface area (Å²) in [5.41, 5.74) is 0.756. The molecule has 0 aliphatic carbocycles. The van der Waals surface area contributed by atoms with Crippen molar-refractivity contribution in [2.45, 2.75) is 6.92 Å². The van der Waals surface area contributed by atoms with Gasteiger partial charge in [-0.1, -0.05) is 12.0 Å². The maximum absolute atomic E-state index is 11.6. The van der Waals surface area contributed by atoms with Crippen molar-refractivity contribution in [3.63, 3.8) is 0 Å². The molecule has 0 saturated carbocycles. The Hall–Kier alpha value is -2.80. The van der Waals surface area contributed by atoms with Gasteiger partial charge in [0.15, 0.2) is 0 Å². The van der Waals surface area contributed by atoms with Gasteiger partial charge in [0.25, 0.3) is 0 Å². The molecule has 0 bridgehead atoms. The molecule has 4 heteroatoms. The minimum atomic E-state index is -0.245. The number of pyridine rings is 1. The standard InChI is InChI=1S/C16H14N2O2/c1-3-6-16(19)18(2)13-8-10-14(11-9-13)20-15-7-4-5-12-17-15/h4-5,7-12H,1-2H3. The van der Waals surface area contributed by atoms with Crippen molar-refractivity contribution in [1.82, 2.24) is 4.98 Å². The number of carbonyl (C=O) groups is 1. The van der Waals surface area contributed by atoms with Crippen LogP contribution < -0.4 is 9.64 Å². The first-order chi connectivity index (χ1) is 9.70. The van der Waals surface area contributed by atoms with E-state index in [0.29, 0.717) is 11.6 Å². The zero-order valence-corrected chi connectivity index (χ0v) is 11.3. The van der Waals surface area contributed by atoms with E-state index in [2.05, 4.69) is 16.8 Å². The van der Waals surface area contributed by atoms with Gasteiger partial charge in [-0.3, -0.25) is 4.79 Å². The van der Waals surface area contributed by atoms with Crippen molar-refractivity contribution in [2.75, 3.05) is 11.9 Å². The highest BCUT2D eigenvalue weighted by atomic mass is 16.5. The van der Waals surface area contributed by atoms with Crippen molar-refractivity contribution in [2.24, 2.45) is 0 Å². The third-order valence-electron chi connectivity index (χ3n) is 2.62. The lowest BCUT2D eigenvalue weighted by Crippen LogP contribution is -2.24. The van der Waals surface area contributed by atoms with Crippen molar-refractivity contribution in [1.29, 1.82) is 0 Å². The number of hydrogen-bond acceptors (Lipinski definition) is 3. The molecule has 0 atom stereocenters. The minimum Gasteiger partial charge on any atom is -0.439 e. The van der Waals surface area contributed by atoms with Gasteiger partial charge in [-0.2, -0.15) is 0 Å². The number of anilines is 1. The number of ether oxygens (including phenoxy) is 1. The fourth-order valence-electron chi connectivity index (χ4n) is 1.57. The molecular weight excluding hydrogens is 252 g/mol. The van der Waals surface area contributed by atoms with Crippen LogP contribution in [0, 0.1) is 11.8 Å². The Morgan fingerprint density at radius 1 is 1.20 bits per heavy atom. The largest absolute Gasteiger partial charge is 0.439 e. The second-order valence-corrected chi connectivity index (χ2v) is 4.00. The first-order valence-electron chi connectivity index (χ1n) is 6.10. The highest BCUT2D eigenvalue weighted by Gasteiger charge is 2.08. The van der Waals surface area contributed by atoms with E-state index in [9.17, 15) is 4.79 Å². The summed E-state index contributed by atoms with van der Waals surface area (Å²) in [5, 5.41) is 0. The maximum atomic E-state index is 11.6. The van der Waals surface area contributed by atoms with Gasteiger partial charge < -0.3 is 9.64 Å². The molecule has 2 rings (SSSR count). The molecule has 0 saturated heterocycles. The minimum absolute atomic E-state index is 0.245. The Morgan fingerprint density at radius 3 is 2.55 bits per heavy atom. The molecule has 0 spiro atoms. The molecule has 0 radical (unpaired) electrons. The molecule has 4 nitrogen and oxygen atoms in total. The topological polar surface area (TPSA) is 42.4 Å². The van der Waals surface area contributed by atoms with E-state index in [0.717, 1.165) is 5.69 Å².